The molecule has 0 aromatic rings. The second kappa shape index (κ2) is 8.08. The second-order valence-corrected chi connectivity index (χ2v) is 5.54. The summed E-state index contributed by atoms with van der Waals surface area (Å²) in [5, 5.41) is 3.30. The van der Waals surface area contributed by atoms with Crippen LogP contribution in [0.3, 0.4) is 0 Å². The number of morpholine rings is 1. The van der Waals surface area contributed by atoms with Crippen LogP contribution in [-0.4, -0.2) is 49.2 Å². The van der Waals surface area contributed by atoms with Crippen LogP contribution in [0.15, 0.2) is 0 Å². The van der Waals surface area contributed by atoms with Gasteiger partial charge >= 0.3 is 0 Å². The molecule has 19 heavy (non-hydrogen) atoms. The number of ether oxygens (including phenoxy) is 1. The molecule has 5 heteroatoms. The minimum absolute atomic E-state index is 0. The summed E-state index contributed by atoms with van der Waals surface area (Å²) in [7, 11) is 0. The molecule has 0 saturated carbocycles. The van der Waals surface area contributed by atoms with Gasteiger partial charge in [0.2, 0.25) is 5.91 Å². The Kier molecular flexibility index (Phi) is 7.11. The fraction of sp³-hybridized carbons (Fsp3) is 0.929. The molecule has 2 rings (SSSR count). The molecule has 4 nitrogen and oxygen atoms in total. The van der Waals surface area contributed by atoms with Crippen LogP contribution in [0.1, 0.15) is 39.5 Å². The molecule has 0 radical (unpaired) electrons. The second-order valence-electron chi connectivity index (χ2n) is 5.54. The number of carbonyl (C=O) groups excluding carboxylic acids is 1. The van der Waals surface area contributed by atoms with Crippen molar-refractivity contribution in [1.29, 1.82) is 0 Å². The molecular weight excluding hydrogens is 264 g/mol. The lowest BCUT2D eigenvalue weighted by atomic mass is 9.98. The first-order valence-electron chi connectivity index (χ1n) is 7.36. The number of amides is 1. The lowest BCUT2D eigenvalue weighted by molar-refractivity contribution is -0.139. The third-order valence-corrected chi connectivity index (χ3v) is 4.32. The molecule has 3 atom stereocenters. The van der Waals surface area contributed by atoms with E-state index in [-0.39, 0.29) is 30.5 Å². The summed E-state index contributed by atoms with van der Waals surface area (Å²) in [6.07, 6.45) is 4.81. The van der Waals surface area contributed by atoms with Crippen molar-refractivity contribution in [2.75, 3.05) is 26.2 Å². The molecule has 0 aromatic heterocycles. The zero-order chi connectivity index (χ0) is 13.0. The van der Waals surface area contributed by atoms with Crippen LogP contribution in [0.4, 0.5) is 0 Å². The number of nitrogens with one attached hydrogen (secondary N) is 1. The van der Waals surface area contributed by atoms with Gasteiger partial charge in [0.05, 0.1) is 12.7 Å². The highest BCUT2D eigenvalue weighted by atomic mass is 35.5. The zero-order valence-corrected chi connectivity index (χ0v) is 12.9. The van der Waals surface area contributed by atoms with Gasteiger partial charge in [0.1, 0.15) is 6.04 Å². The number of halogens is 1. The number of likely N-dealkylation sites (tertiary alicyclic amines) is 1. The molecule has 0 spiro atoms. The van der Waals surface area contributed by atoms with Gasteiger partial charge in [-0.25, -0.2) is 0 Å². The van der Waals surface area contributed by atoms with E-state index in [1.807, 2.05) is 11.8 Å². The molecule has 0 aromatic carbocycles. The summed E-state index contributed by atoms with van der Waals surface area (Å²) >= 11 is 0. The van der Waals surface area contributed by atoms with Gasteiger partial charge in [-0.15, -0.1) is 12.4 Å². The molecule has 2 aliphatic heterocycles. The van der Waals surface area contributed by atoms with E-state index in [1.54, 1.807) is 0 Å². The third-order valence-electron chi connectivity index (χ3n) is 4.32. The van der Waals surface area contributed by atoms with Crippen LogP contribution in [0, 0.1) is 5.92 Å². The zero-order valence-electron chi connectivity index (χ0n) is 12.1. The van der Waals surface area contributed by atoms with E-state index in [4.69, 9.17) is 4.74 Å². The molecular formula is C14H27ClN2O2. The van der Waals surface area contributed by atoms with Crippen LogP contribution in [0.25, 0.3) is 0 Å². The fourth-order valence-electron chi connectivity index (χ4n) is 3.00. The first-order valence-corrected chi connectivity index (χ1v) is 7.36. The van der Waals surface area contributed by atoms with Gasteiger partial charge in [0, 0.05) is 19.6 Å². The van der Waals surface area contributed by atoms with Gasteiger partial charge in [-0.2, -0.15) is 0 Å². The number of hydrogen-bond donors (Lipinski definition) is 1. The lowest BCUT2D eigenvalue weighted by Gasteiger charge is -2.33. The molecule has 0 bridgehead atoms. The summed E-state index contributed by atoms with van der Waals surface area (Å²) in [4.78, 5) is 14.5. The highest BCUT2D eigenvalue weighted by molar-refractivity contribution is 5.85. The van der Waals surface area contributed by atoms with Crippen molar-refractivity contribution in [1.82, 2.24) is 10.2 Å². The van der Waals surface area contributed by atoms with E-state index in [0.29, 0.717) is 6.61 Å². The van der Waals surface area contributed by atoms with Crippen molar-refractivity contribution >= 4 is 18.3 Å². The minimum Gasteiger partial charge on any atom is -0.375 e. The van der Waals surface area contributed by atoms with Crippen LogP contribution in [-0.2, 0) is 9.53 Å². The number of nitrogens with zero attached hydrogens (tertiary/aromatic N) is 1. The summed E-state index contributed by atoms with van der Waals surface area (Å²) in [5.74, 6) is 1.04. The maximum Gasteiger partial charge on any atom is 0.242 e. The van der Waals surface area contributed by atoms with Crippen molar-refractivity contribution in [2.24, 2.45) is 5.92 Å². The molecule has 0 aliphatic carbocycles. The summed E-state index contributed by atoms with van der Waals surface area (Å²) < 4.78 is 5.57. The average molecular weight is 291 g/mol. The Balaban J connectivity index is 0.00000180. The van der Waals surface area contributed by atoms with E-state index < -0.39 is 0 Å². The maximum absolute atomic E-state index is 12.5. The topological polar surface area (TPSA) is 41.6 Å². The molecule has 2 saturated heterocycles. The van der Waals surface area contributed by atoms with E-state index in [9.17, 15) is 4.79 Å². The summed E-state index contributed by atoms with van der Waals surface area (Å²) in [5.41, 5.74) is 0. The number of rotatable bonds is 2. The van der Waals surface area contributed by atoms with Crippen LogP contribution in [0.2, 0.25) is 0 Å². The summed E-state index contributed by atoms with van der Waals surface area (Å²) in [6.45, 7) is 7.57. The predicted molar refractivity (Wildman–Crippen MR) is 78.7 cm³/mol. The Hall–Kier alpha value is -0.320. The predicted octanol–water partition coefficient (Wildman–Crippen LogP) is 1.82. The number of hydrogen-bond acceptors (Lipinski definition) is 3. The Morgan fingerprint density at radius 2 is 2.16 bits per heavy atom. The molecule has 112 valence electrons. The van der Waals surface area contributed by atoms with Gasteiger partial charge in [0.25, 0.3) is 0 Å². The van der Waals surface area contributed by atoms with Crippen molar-refractivity contribution in [3.63, 3.8) is 0 Å². The van der Waals surface area contributed by atoms with Crippen molar-refractivity contribution < 1.29 is 9.53 Å². The third kappa shape index (κ3) is 4.33. The van der Waals surface area contributed by atoms with Crippen LogP contribution in [0.5, 0.6) is 0 Å². The van der Waals surface area contributed by atoms with Crippen molar-refractivity contribution in [3.8, 4) is 0 Å². The molecule has 1 unspecified atom stereocenters. The van der Waals surface area contributed by atoms with E-state index in [0.717, 1.165) is 38.4 Å². The lowest BCUT2D eigenvalue weighted by Crippen LogP contribution is -2.56. The van der Waals surface area contributed by atoms with E-state index in [1.165, 1.54) is 12.8 Å². The van der Waals surface area contributed by atoms with Crippen LogP contribution < -0.4 is 5.32 Å². The molecule has 1 amide bonds. The Labute approximate surface area is 122 Å². The van der Waals surface area contributed by atoms with E-state index >= 15 is 0 Å². The smallest absolute Gasteiger partial charge is 0.242 e. The fourth-order valence-corrected chi connectivity index (χ4v) is 3.00. The van der Waals surface area contributed by atoms with Gasteiger partial charge in [0.15, 0.2) is 0 Å². The highest BCUT2D eigenvalue weighted by Crippen LogP contribution is 2.21. The highest BCUT2D eigenvalue weighted by Gasteiger charge is 2.32. The first-order chi connectivity index (χ1) is 8.72. The van der Waals surface area contributed by atoms with Crippen molar-refractivity contribution in [3.05, 3.63) is 0 Å². The average Bonchev–Trinajstić information content (AvgIpc) is 2.63. The Morgan fingerprint density at radius 3 is 2.84 bits per heavy atom. The molecule has 2 heterocycles. The Morgan fingerprint density at radius 1 is 1.37 bits per heavy atom. The quantitative estimate of drug-likeness (QED) is 0.843. The monoisotopic (exact) mass is 290 g/mol. The largest absolute Gasteiger partial charge is 0.375 e. The Bertz CT molecular complexity index is 289. The molecule has 1 N–H and O–H groups in total. The van der Waals surface area contributed by atoms with E-state index in [2.05, 4.69) is 12.2 Å². The maximum atomic E-state index is 12.5. The van der Waals surface area contributed by atoms with Crippen LogP contribution >= 0.6 is 12.4 Å². The van der Waals surface area contributed by atoms with Gasteiger partial charge in [-0.1, -0.05) is 13.3 Å². The van der Waals surface area contributed by atoms with Gasteiger partial charge in [-0.3, -0.25) is 4.79 Å². The first kappa shape index (κ1) is 16.7. The SMILES string of the molecule is CCC1CCCN(C(=O)[C@H]2NCCO[C@@H]2C)CC1.Cl. The molecule has 2 aliphatic rings. The normalized spacial score (nSPS) is 32.3. The standard InChI is InChI=1S/C14H26N2O2.ClH/c1-3-12-5-4-8-16(9-6-12)14(17)13-11(2)18-10-7-15-13;/h11-13,15H,3-10H2,1-2H3;1H/t11-,12?,13+;/m1./s1. The van der Waals surface area contributed by atoms with Gasteiger partial charge in [-0.05, 0) is 32.1 Å². The van der Waals surface area contributed by atoms with Gasteiger partial charge < -0.3 is 15.0 Å². The number of carbonyl (C=O) groups is 1. The summed E-state index contributed by atoms with van der Waals surface area (Å²) in [6, 6.07) is -0.142. The molecule has 2 fully saturated rings. The minimum atomic E-state index is -0.142. The van der Waals surface area contributed by atoms with Crippen molar-refractivity contribution in [2.45, 2.75) is 51.7 Å².